The minimum atomic E-state index is -0.185. The van der Waals surface area contributed by atoms with Crippen molar-refractivity contribution in [1.82, 2.24) is 4.90 Å². The lowest BCUT2D eigenvalue weighted by atomic mass is 10.1. The van der Waals surface area contributed by atoms with Crippen molar-refractivity contribution in [3.05, 3.63) is 17.7 Å². The van der Waals surface area contributed by atoms with Gasteiger partial charge in [-0.2, -0.15) is 0 Å². The van der Waals surface area contributed by atoms with E-state index in [1.165, 1.54) is 0 Å². The topological polar surface area (TPSA) is 48.0 Å². The third-order valence-corrected chi connectivity index (χ3v) is 4.10. The first-order valence-electron chi connectivity index (χ1n) is 5.36. The van der Waals surface area contributed by atoms with E-state index in [9.17, 15) is 4.79 Å². The SMILES string of the molecule is O=C1c2cc3c(cc2OC2SCCN12)OCO3. The highest BCUT2D eigenvalue weighted by atomic mass is 32.2. The highest BCUT2D eigenvalue weighted by Crippen LogP contribution is 2.43. The Morgan fingerprint density at radius 1 is 1.24 bits per heavy atom. The molecule has 1 atom stereocenters. The van der Waals surface area contributed by atoms with Crippen molar-refractivity contribution in [2.24, 2.45) is 0 Å². The van der Waals surface area contributed by atoms with Gasteiger partial charge in [-0.3, -0.25) is 9.69 Å². The molecule has 0 radical (unpaired) electrons. The van der Waals surface area contributed by atoms with Crippen LogP contribution in [0.4, 0.5) is 0 Å². The van der Waals surface area contributed by atoms with Gasteiger partial charge in [-0.1, -0.05) is 11.8 Å². The quantitative estimate of drug-likeness (QED) is 0.695. The number of nitrogens with zero attached hydrogens (tertiary/aromatic N) is 1. The van der Waals surface area contributed by atoms with Crippen LogP contribution >= 0.6 is 11.8 Å². The fourth-order valence-electron chi connectivity index (χ4n) is 2.19. The van der Waals surface area contributed by atoms with E-state index >= 15 is 0 Å². The highest BCUT2D eigenvalue weighted by molar-refractivity contribution is 8.00. The third kappa shape index (κ3) is 1.24. The summed E-state index contributed by atoms with van der Waals surface area (Å²) in [4.78, 5) is 14.0. The van der Waals surface area contributed by atoms with Gasteiger partial charge in [0.15, 0.2) is 11.5 Å². The maximum Gasteiger partial charge on any atom is 0.261 e. The number of rotatable bonds is 0. The largest absolute Gasteiger partial charge is 0.460 e. The maximum atomic E-state index is 12.2. The molecule has 0 N–H and O–H groups in total. The molecule has 1 aromatic rings. The van der Waals surface area contributed by atoms with Gasteiger partial charge < -0.3 is 14.2 Å². The fourth-order valence-corrected chi connectivity index (χ4v) is 3.25. The second-order valence-corrected chi connectivity index (χ2v) is 5.14. The van der Waals surface area contributed by atoms with Crippen molar-refractivity contribution < 1.29 is 19.0 Å². The predicted octanol–water partition coefficient (Wildman–Crippen LogP) is 1.28. The second kappa shape index (κ2) is 3.22. The lowest BCUT2D eigenvalue weighted by Crippen LogP contribution is -2.41. The molecule has 1 fully saturated rings. The first-order valence-corrected chi connectivity index (χ1v) is 6.41. The number of carbonyl (C=O) groups excluding carboxylic acids is 1. The number of thioether (sulfide) groups is 1. The summed E-state index contributed by atoms with van der Waals surface area (Å²) in [6.45, 7) is 0.941. The molecule has 1 aromatic carbocycles. The molecular formula is C11H9NO4S. The molecule has 88 valence electrons. The highest BCUT2D eigenvalue weighted by Gasteiger charge is 2.39. The predicted molar refractivity (Wildman–Crippen MR) is 60.5 cm³/mol. The number of fused-ring (bicyclic) bond motifs is 3. The van der Waals surface area contributed by atoms with E-state index in [1.807, 2.05) is 0 Å². The standard InChI is InChI=1S/C11H9NO4S/c13-10-6-3-8-9(15-5-14-8)4-7(6)16-11-12(10)1-2-17-11/h3-4,11H,1-2,5H2. The smallest absolute Gasteiger partial charge is 0.261 e. The minimum absolute atomic E-state index is 0.0135. The summed E-state index contributed by atoms with van der Waals surface area (Å²) in [5.41, 5.74) is 0.378. The molecule has 1 saturated heterocycles. The molecule has 6 heteroatoms. The van der Waals surface area contributed by atoms with E-state index in [1.54, 1.807) is 28.8 Å². The number of hydrogen-bond acceptors (Lipinski definition) is 5. The van der Waals surface area contributed by atoms with Gasteiger partial charge in [-0.25, -0.2) is 0 Å². The van der Waals surface area contributed by atoms with Crippen LogP contribution in [-0.2, 0) is 0 Å². The molecule has 3 aliphatic rings. The van der Waals surface area contributed by atoms with Gasteiger partial charge >= 0.3 is 0 Å². The average Bonchev–Trinajstić information content (AvgIpc) is 2.94. The van der Waals surface area contributed by atoms with Crippen molar-refractivity contribution in [2.75, 3.05) is 19.1 Å². The van der Waals surface area contributed by atoms with Crippen LogP contribution in [0.3, 0.4) is 0 Å². The number of hydrogen-bond donors (Lipinski definition) is 0. The van der Waals surface area contributed by atoms with E-state index in [-0.39, 0.29) is 18.3 Å². The minimum Gasteiger partial charge on any atom is -0.460 e. The Morgan fingerprint density at radius 3 is 2.94 bits per heavy atom. The van der Waals surface area contributed by atoms with Crippen LogP contribution in [0, 0.1) is 0 Å². The van der Waals surface area contributed by atoms with Crippen molar-refractivity contribution in [3.8, 4) is 17.2 Å². The summed E-state index contributed by atoms with van der Waals surface area (Å²) in [6.07, 6.45) is 0. The normalized spacial score (nSPS) is 24.4. The van der Waals surface area contributed by atoms with Crippen molar-refractivity contribution in [1.29, 1.82) is 0 Å². The Morgan fingerprint density at radius 2 is 2.06 bits per heavy atom. The lowest BCUT2D eigenvalue weighted by molar-refractivity contribution is 0.0486. The third-order valence-electron chi connectivity index (χ3n) is 3.04. The molecule has 5 nitrogen and oxygen atoms in total. The molecule has 0 aromatic heterocycles. The Hall–Kier alpha value is -1.56. The van der Waals surface area contributed by atoms with Gasteiger partial charge in [-0.15, -0.1) is 0 Å². The second-order valence-electron chi connectivity index (χ2n) is 4.00. The van der Waals surface area contributed by atoms with Crippen LogP contribution in [-0.4, -0.2) is 35.5 Å². The summed E-state index contributed by atoms with van der Waals surface area (Å²) in [7, 11) is 0. The van der Waals surface area contributed by atoms with Gasteiger partial charge in [0, 0.05) is 24.4 Å². The number of carbonyl (C=O) groups is 1. The molecule has 0 aliphatic carbocycles. The van der Waals surface area contributed by atoms with Gasteiger partial charge in [0.05, 0.1) is 5.56 Å². The molecular weight excluding hydrogens is 242 g/mol. The van der Waals surface area contributed by atoms with Gasteiger partial charge in [-0.05, 0) is 0 Å². The zero-order chi connectivity index (χ0) is 11.4. The summed E-state index contributed by atoms with van der Waals surface area (Å²) >= 11 is 1.64. The van der Waals surface area contributed by atoms with Crippen LogP contribution in [0.1, 0.15) is 10.4 Å². The van der Waals surface area contributed by atoms with Crippen molar-refractivity contribution in [2.45, 2.75) is 5.56 Å². The number of ether oxygens (including phenoxy) is 3. The molecule has 1 unspecified atom stereocenters. The summed E-state index contributed by atoms with van der Waals surface area (Å²) in [6, 6.07) is 3.45. The zero-order valence-electron chi connectivity index (χ0n) is 8.84. The van der Waals surface area contributed by atoms with Gasteiger partial charge in [0.1, 0.15) is 5.75 Å². The summed E-state index contributed by atoms with van der Waals surface area (Å²) in [5, 5.41) is 0. The van der Waals surface area contributed by atoms with Crippen molar-refractivity contribution >= 4 is 17.7 Å². The van der Waals surface area contributed by atoms with E-state index in [2.05, 4.69) is 0 Å². The molecule has 0 saturated carbocycles. The van der Waals surface area contributed by atoms with Crippen LogP contribution in [0.2, 0.25) is 0 Å². The fraction of sp³-hybridized carbons (Fsp3) is 0.364. The molecule has 17 heavy (non-hydrogen) atoms. The summed E-state index contributed by atoms with van der Waals surface area (Å²) in [5.74, 6) is 2.78. The van der Waals surface area contributed by atoms with Gasteiger partial charge in [0.2, 0.25) is 12.4 Å². The molecule has 0 spiro atoms. The van der Waals surface area contributed by atoms with Crippen LogP contribution in [0.5, 0.6) is 17.2 Å². The molecule has 4 rings (SSSR count). The van der Waals surface area contributed by atoms with Crippen molar-refractivity contribution in [3.63, 3.8) is 0 Å². The Labute approximate surface area is 102 Å². The Balaban J connectivity index is 1.84. The van der Waals surface area contributed by atoms with Crippen LogP contribution < -0.4 is 14.2 Å². The molecule has 3 heterocycles. The van der Waals surface area contributed by atoms with E-state index in [0.717, 1.165) is 12.3 Å². The van der Waals surface area contributed by atoms with Crippen LogP contribution in [0.15, 0.2) is 12.1 Å². The number of benzene rings is 1. The first-order chi connectivity index (χ1) is 8.33. The molecule has 3 aliphatic heterocycles. The van der Waals surface area contributed by atoms with E-state index in [4.69, 9.17) is 14.2 Å². The zero-order valence-corrected chi connectivity index (χ0v) is 9.66. The number of amides is 1. The maximum absolute atomic E-state index is 12.2. The summed E-state index contributed by atoms with van der Waals surface area (Å²) < 4.78 is 16.3. The van der Waals surface area contributed by atoms with E-state index < -0.39 is 0 Å². The Bertz CT molecular complexity index is 518. The average molecular weight is 251 g/mol. The van der Waals surface area contributed by atoms with E-state index in [0.29, 0.717) is 22.8 Å². The van der Waals surface area contributed by atoms with Gasteiger partial charge in [0.25, 0.3) is 5.91 Å². The molecule has 1 amide bonds. The lowest BCUT2D eigenvalue weighted by Gasteiger charge is -2.30. The monoisotopic (exact) mass is 251 g/mol. The molecule has 0 bridgehead atoms. The Kier molecular flexibility index (Phi) is 1.80. The first kappa shape index (κ1) is 9.47. The van der Waals surface area contributed by atoms with Crippen LogP contribution in [0.25, 0.3) is 0 Å².